The maximum atomic E-state index is 13.3. The minimum atomic E-state index is -3.81. The van der Waals surface area contributed by atoms with Crippen LogP contribution in [0.15, 0.2) is 47.4 Å². The van der Waals surface area contributed by atoms with E-state index in [9.17, 15) is 17.2 Å². The van der Waals surface area contributed by atoms with Crippen molar-refractivity contribution < 1.29 is 21.9 Å². The minimum Gasteiger partial charge on any atom is -0.454 e. The molecule has 0 atom stereocenters. The zero-order valence-corrected chi connectivity index (χ0v) is 10.9. The van der Waals surface area contributed by atoms with Gasteiger partial charge in [-0.25, -0.2) is 17.2 Å². The molecule has 0 N–H and O–H groups in total. The van der Waals surface area contributed by atoms with Crippen LogP contribution in [0.5, 0.6) is 11.5 Å². The molecule has 0 bridgehead atoms. The molecule has 0 saturated carbocycles. The van der Waals surface area contributed by atoms with Crippen molar-refractivity contribution in [3.63, 3.8) is 0 Å². The average molecular weight is 305 g/mol. The average Bonchev–Trinajstić information content (AvgIpc) is 2.32. The van der Waals surface area contributed by atoms with E-state index >= 15 is 0 Å². The molecule has 0 heterocycles. The summed E-state index contributed by atoms with van der Waals surface area (Å²) in [6.45, 7) is 0. The summed E-state index contributed by atoms with van der Waals surface area (Å²) >= 11 is 0. The topological polar surface area (TPSA) is 43.4 Å². The Hall–Kier alpha value is -1.66. The van der Waals surface area contributed by atoms with Gasteiger partial charge in [0.25, 0.3) is 9.05 Å². The second-order valence-corrected chi connectivity index (χ2v) is 6.15. The van der Waals surface area contributed by atoms with Crippen LogP contribution in [0.25, 0.3) is 0 Å². The third-order valence-electron chi connectivity index (χ3n) is 2.23. The van der Waals surface area contributed by atoms with Crippen LogP contribution in [-0.4, -0.2) is 8.42 Å². The van der Waals surface area contributed by atoms with Gasteiger partial charge >= 0.3 is 0 Å². The standard InChI is InChI=1S/C12H7ClF2O3S/c13-19(16,17)10-4-2-9(3-5-10)18-12-6-1-8(14)7-11(12)15/h1-7H. The third-order valence-corrected chi connectivity index (χ3v) is 3.60. The van der Waals surface area contributed by atoms with E-state index in [4.69, 9.17) is 15.4 Å². The second-order valence-electron chi connectivity index (χ2n) is 3.59. The molecular formula is C12H7ClF2O3S. The molecule has 0 aliphatic rings. The molecule has 0 aliphatic heterocycles. The van der Waals surface area contributed by atoms with Gasteiger partial charge in [-0.1, -0.05) is 0 Å². The Balaban J connectivity index is 2.25. The van der Waals surface area contributed by atoms with Crippen LogP contribution in [0.3, 0.4) is 0 Å². The first-order valence-corrected chi connectivity index (χ1v) is 7.35. The van der Waals surface area contributed by atoms with E-state index in [1.165, 1.54) is 24.3 Å². The number of ether oxygens (including phenoxy) is 1. The van der Waals surface area contributed by atoms with Crippen molar-refractivity contribution in [3.05, 3.63) is 54.1 Å². The predicted molar refractivity (Wildman–Crippen MR) is 65.9 cm³/mol. The molecule has 0 saturated heterocycles. The fourth-order valence-electron chi connectivity index (χ4n) is 1.36. The lowest BCUT2D eigenvalue weighted by Gasteiger charge is -2.07. The van der Waals surface area contributed by atoms with Gasteiger partial charge in [-0.2, -0.15) is 0 Å². The lowest BCUT2D eigenvalue weighted by molar-refractivity contribution is 0.437. The highest BCUT2D eigenvalue weighted by molar-refractivity contribution is 8.13. The molecule has 0 aliphatic carbocycles. The Labute approximate surface area is 112 Å². The highest BCUT2D eigenvalue weighted by atomic mass is 35.7. The highest BCUT2D eigenvalue weighted by Gasteiger charge is 2.10. The molecule has 0 aromatic heterocycles. The predicted octanol–water partition coefficient (Wildman–Crippen LogP) is 3.68. The summed E-state index contributed by atoms with van der Waals surface area (Å²) in [5.41, 5.74) is 0. The van der Waals surface area contributed by atoms with Gasteiger partial charge in [0.05, 0.1) is 4.90 Å². The summed E-state index contributed by atoms with van der Waals surface area (Å²) < 4.78 is 53.2. The van der Waals surface area contributed by atoms with E-state index in [0.29, 0.717) is 6.07 Å². The van der Waals surface area contributed by atoms with Crippen molar-refractivity contribution in [2.75, 3.05) is 0 Å². The van der Waals surface area contributed by atoms with Crippen LogP contribution < -0.4 is 4.74 Å². The van der Waals surface area contributed by atoms with Gasteiger partial charge in [0.2, 0.25) is 0 Å². The normalized spacial score (nSPS) is 11.3. The van der Waals surface area contributed by atoms with Crippen LogP contribution >= 0.6 is 10.7 Å². The summed E-state index contributed by atoms with van der Waals surface area (Å²) in [6.07, 6.45) is 0. The molecule has 0 unspecified atom stereocenters. The lowest BCUT2D eigenvalue weighted by Crippen LogP contribution is -1.92. The molecule has 2 rings (SSSR count). The fourth-order valence-corrected chi connectivity index (χ4v) is 2.12. The molecule has 0 radical (unpaired) electrons. The van der Waals surface area contributed by atoms with E-state index in [2.05, 4.69) is 0 Å². The van der Waals surface area contributed by atoms with Crippen molar-refractivity contribution in [1.82, 2.24) is 0 Å². The fraction of sp³-hybridized carbons (Fsp3) is 0. The zero-order chi connectivity index (χ0) is 14.0. The quantitative estimate of drug-likeness (QED) is 0.812. The summed E-state index contributed by atoms with van der Waals surface area (Å²) in [6, 6.07) is 7.95. The van der Waals surface area contributed by atoms with E-state index in [1.807, 2.05) is 0 Å². The molecular weight excluding hydrogens is 298 g/mol. The Morgan fingerprint density at radius 1 is 1.00 bits per heavy atom. The second kappa shape index (κ2) is 5.14. The Kier molecular flexibility index (Phi) is 3.73. The molecule has 100 valence electrons. The van der Waals surface area contributed by atoms with Crippen LogP contribution in [0.2, 0.25) is 0 Å². The molecule has 0 amide bonds. The van der Waals surface area contributed by atoms with E-state index in [-0.39, 0.29) is 16.4 Å². The largest absolute Gasteiger partial charge is 0.454 e. The van der Waals surface area contributed by atoms with Crippen molar-refractivity contribution in [2.24, 2.45) is 0 Å². The monoisotopic (exact) mass is 304 g/mol. The van der Waals surface area contributed by atoms with E-state index < -0.39 is 20.7 Å². The summed E-state index contributed by atoms with van der Waals surface area (Å²) in [4.78, 5) is -0.0962. The molecule has 3 nitrogen and oxygen atoms in total. The Morgan fingerprint density at radius 3 is 2.16 bits per heavy atom. The van der Waals surface area contributed by atoms with Crippen LogP contribution in [-0.2, 0) is 9.05 Å². The number of hydrogen-bond donors (Lipinski definition) is 0. The van der Waals surface area contributed by atoms with Gasteiger partial charge in [-0.05, 0) is 36.4 Å². The van der Waals surface area contributed by atoms with Crippen molar-refractivity contribution in [3.8, 4) is 11.5 Å². The number of rotatable bonds is 3. The molecule has 7 heteroatoms. The Morgan fingerprint density at radius 2 is 1.63 bits per heavy atom. The van der Waals surface area contributed by atoms with Gasteiger partial charge < -0.3 is 4.74 Å². The zero-order valence-electron chi connectivity index (χ0n) is 9.31. The molecule has 0 fully saturated rings. The van der Waals surface area contributed by atoms with Gasteiger partial charge in [0, 0.05) is 16.7 Å². The van der Waals surface area contributed by atoms with Crippen molar-refractivity contribution >= 4 is 19.7 Å². The van der Waals surface area contributed by atoms with Gasteiger partial charge in [-0.3, -0.25) is 0 Å². The highest BCUT2D eigenvalue weighted by Crippen LogP contribution is 2.26. The maximum absolute atomic E-state index is 13.3. The van der Waals surface area contributed by atoms with E-state index in [1.54, 1.807) is 0 Å². The lowest BCUT2D eigenvalue weighted by atomic mass is 10.3. The van der Waals surface area contributed by atoms with Crippen LogP contribution in [0.4, 0.5) is 8.78 Å². The number of halogens is 3. The maximum Gasteiger partial charge on any atom is 0.261 e. The van der Waals surface area contributed by atoms with Crippen LogP contribution in [0.1, 0.15) is 0 Å². The minimum absolute atomic E-state index is 0.0962. The van der Waals surface area contributed by atoms with Crippen molar-refractivity contribution in [1.29, 1.82) is 0 Å². The summed E-state index contributed by atoms with van der Waals surface area (Å²) in [5.74, 6) is -1.53. The van der Waals surface area contributed by atoms with E-state index in [0.717, 1.165) is 12.1 Å². The number of hydrogen-bond acceptors (Lipinski definition) is 3. The first-order valence-electron chi connectivity index (χ1n) is 5.04. The first kappa shape index (κ1) is 13.8. The Bertz CT molecular complexity index is 699. The van der Waals surface area contributed by atoms with Gasteiger partial charge in [-0.15, -0.1) is 0 Å². The smallest absolute Gasteiger partial charge is 0.261 e. The van der Waals surface area contributed by atoms with Crippen LogP contribution in [0, 0.1) is 11.6 Å². The summed E-state index contributed by atoms with van der Waals surface area (Å²) in [5, 5.41) is 0. The molecule has 2 aromatic carbocycles. The third kappa shape index (κ3) is 3.42. The van der Waals surface area contributed by atoms with Crippen molar-refractivity contribution in [2.45, 2.75) is 4.90 Å². The SMILES string of the molecule is O=S(=O)(Cl)c1ccc(Oc2ccc(F)cc2F)cc1. The molecule has 19 heavy (non-hydrogen) atoms. The van der Waals surface area contributed by atoms with Gasteiger partial charge in [0.15, 0.2) is 11.6 Å². The molecule has 0 spiro atoms. The molecule has 2 aromatic rings. The first-order chi connectivity index (χ1) is 8.86. The number of benzene rings is 2. The van der Waals surface area contributed by atoms with Gasteiger partial charge in [0.1, 0.15) is 11.6 Å². The summed E-state index contributed by atoms with van der Waals surface area (Å²) in [7, 11) is 1.33.